The molecule has 0 unspecified atom stereocenters. The third-order valence-corrected chi connectivity index (χ3v) is 3.63. The van der Waals surface area contributed by atoms with E-state index in [4.69, 9.17) is 14.5 Å². The first-order chi connectivity index (χ1) is 10.5. The summed E-state index contributed by atoms with van der Waals surface area (Å²) in [5.74, 6) is 2.29. The van der Waals surface area contributed by atoms with E-state index in [9.17, 15) is 0 Å². The van der Waals surface area contributed by atoms with E-state index >= 15 is 0 Å². The summed E-state index contributed by atoms with van der Waals surface area (Å²) in [6, 6.07) is 8.33. The van der Waals surface area contributed by atoms with Gasteiger partial charge >= 0.3 is 0 Å². The Morgan fingerprint density at radius 3 is 2.27 bits per heavy atom. The first kappa shape index (κ1) is 16.6. The molecule has 0 radical (unpaired) electrons. The topological polar surface area (TPSA) is 36.3 Å². The molecule has 120 valence electrons. The fraction of sp³-hybridized carbons (Fsp3) is 0.500. The number of hydrogen-bond donors (Lipinski definition) is 0. The van der Waals surface area contributed by atoms with Gasteiger partial charge in [0.2, 0.25) is 0 Å². The molecule has 0 amide bonds. The van der Waals surface area contributed by atoms with Gasteiger partial charge in [-0.1, -0.05) is 26.0 Å². The van der Waals surface area contributed by atoms with E-state index in [2.05, 4.69) is 38.5 Å². The van der Waals surface area contributed by atoms with Crippen LogP contribution in [0.5, 0.6) is 5.75 Å². The number of imidazole rings is 1. The molecule has 0 bridgehead atoms. The third kappa shape index (κ3) is 4.10. The summed E-state index contributed by atoms with van der Waals surface area (Å²) in [4.78, 5) is 4.71. The largest absolute Gasteiger partial charge is 0.497 e. The molecule has 0 aliphatic carbocycles. The van der Waals surface area contributed by atoms with Crippen LogP contribution in [0.2, 0.25) is 0 Å². The average Bonchev–Trinajstić information content (AvgIpc) is 2.93. The second-order valence-electron chi connectivity index (χ2n) is 6.08. The summed E-state index contributed by atoms with van der Waals surface area (Å²) in [5, 5.41) is 0. The van der Waals surface area contributed by atoms with E-state index in [1.807, 2.05) is 24.3 Å². The number of ether oxygens (including phenoxy) is 2. The summed E-state index contributed by atoms with van der Waals surface area (Å²) in [6.45, 7) is 9.75. The lowest BCUT2D eigenvalue weighted by atomic mass is 10.2. The quantitative estimate of drug-likeness (QED) is 0.764. The van der Waals surface area contributed by atoms with E-state index in [1.165, 1.54) is 0 Å². The molecule has 4 heteroatoms. The van der Waals surface area contributed by atoms with Crippen molar-refractivity contribution in [1.82, 2.24) is 9.55 Å². The molecule has 2 aromatic rings. The Morgan fingerprint density at radius 2 is 1.73 bits per heavy atom. The van der Waals surface area contributed by atoms with Crippen LogP contribution in [0.1, 0.15) is 56.7 Å². The van der Waals surface area contributed by atoms with Crippen molar-refractivity contribution in [3.8, 4) is 5.75 Å². The van der Waals surface area contributed by atoms with Crippen LogP contribution in [0.15, 0.2) is 30.5 Å². The maximum absolute atomic E-state index is 5.84. The summed E-state index contributed by atoms with van der Waals surface area (Å²) in [6.07, 6.45) is 2.14. The lowest BCUT2D eigenvalue weighted by Gasteiger charge is -2.11. The van der Waals surface area contributed by atoms with Crippen molar-refractivity contribution in [3.05, 3.63) is 47.5 Å². The van der Waals surface area contributed by atoms with Crippen LogP contribution < -0.4 is 4.74 Å². The predicted molar refractivity (Wildman–Crippen MR) is 88.2 cm³/mol. The molecular formula is C18H26N2O2. The number of aromatic nitrogens is 2. The normalized spacial score (nSPS) is 11.4. The average molecular weight is 302 g/mol. The Balaban J connectivity index is 1.98. The van der Waals surface area contributed by atoms with Crippen LogP contribution in [0, 0.1) is 0 Å². The smallest absolute Gasteiger partial charge is 0.135 e. The summed E-state index contributed by atoms with van der Waals surface area (Å²) < 4.78 is 13.2. The molecule has 1 heterocycles. The summed E-state index contributed by atoms with van der Waals surface area (Å²) in [5.41, 5.74) is 2.25. The zero-order chi connectivity index (χ0) is 16.1. The van der Waals surface area contributed by atoms with Crippen molar-refractivity contribution in [3.63, 3.8) is 0 Å². The van der Waals surface area contributed by atoms with Crippen LogP contribution >= 0.6 is 0 Å². The standard InChI is InChI=1S/C18H26N2O2/c1-13(2)17-10-20(14(3)4)18(19-17)12-22-11-15-6-8-16(21-5)9-7-15/h6-10,13-14H,11-12H2,1-5H3. The van der Waals surface area contributed by atoms with Crippen molar-refractivity contribution >= 4 is 0 Å². The summed E-state index contributed by atoms with van der Waals surface area (Å²) in [7, 11) is 1.67. The SMILES string of the molecule is COc1ccc(COCc2nc(C(C)C)cn2C(C)C)cc1. The van der Waals surface area contributed by atoms with Gasteiger partial charge in [0.1, 0.15) is 18.2 Å². The van der Waals surface area contributed by atoms with Gasteiger partial charge in [0.05, 0.1) is 19.4 Å². The Kier molecular flexibility index (Phi) is 5.61. The zero-order valence-electron chi connectivity index (χ0n) is 14.2. The van der Waals surface area contributed by atoms with E-state index in [-0.39, 0.29) is 0 Å². The van der Waals surface area contributed by atoms with Gasteiger partial charge in [0.25, 0.3) is 0 Å². The lowest BCUT2D eigenvalue weighted by molar-refractivity contribution is 0.0985. The van der Waals surface area contributed by atoms with E-state index in [1.54, 1.807) is 7.11 Å². The molecule has 2 rings (SSSR count). The Morgan fingerprint density at radius 1 is 1.05 bits per heavy atom. The highest BCUT2D eigenvalue weighted by Gasteiger charge is 2.12. The van der Waals surface area contributed by atoms with Crippen molar-refractivity contribution in [2.24, 2.45) is 0 Å². The third-order valence-electron chi connectivity index (χ3n) is 3.63. The van der Waals surface area contributed by atoms with Crippen LogP contribution in [0.25, 0.3) is 0 Å². The minimum Gasteiger partial charge on any atom is -0.497 e. The summed E-state index contributed by atoms with van der Waals surface area (Å²) >= 11 is 0. The van der Waals surface area contributed by atoms with Gasteiger partial charge in [-0.25, -0.2) is 4.98 Å². The Hall–Kier alpha value is -1.81. The van der Waals surface area contributed by atoms with Gasteiger partial charge in [0.15, 0.2) is 0 Å². The van der Waals surface area contributed by atoms with Crippen LogP contribution in [-0.4, -0.2) is 16.7 Å². The molecule has 0 spiro atoms. The Bertz CT molecular complexity index is 586. The minimum atomic E-state index is 0.389. The molecule has 0 aliphatic heterocycles. The lowest BCUT2D eigenvalue weighted by Crippen LogP contribution is -2.07. The van der Waals surface area contributed by atoms with Crippen molar-refractivity contribution < 1.29 is 9.47 Å². The molecule has 1 aromatic heterocycles. The number of hydrogen-bond acceptors (Lipinski definition) is 3. The molecule has 0 fully saturated rings. The zero-order valence-corrected chi connectivity index (χ0v) is 14.2. The molecule has 0 N–H and O–H groups in total. The van der Waals surface area contributed by atoms with Crippen molar-refractivity contribution in [1.29, 1.82) is 0 Å². The molecule has 0 atom stereocenters. The highest BCUT2D eigenvalue weighted by Crippen LogP contribution is 2.19. The molecule has 0 saturated heterocycles. The van der Waals surface area contributed by atoms with Gasteiger partial charge in [-0.05, 0) is 37.5 Å². The van der Waals surface area contributed by atoms with Crippen molar-refractivity contribution in [2.45, 2.75) is 52.9 Å². The maximum atomic E-state index is 5.84. The van der Waals surface area contributed by atoms with Crippen LogP contribution in [0.4, 0.5) is 0 Å². The molecular weight excluding hydrogens is 276 g/mol. The molecule has 1 aromatic carbocycles. The highest BCUT2D eigenvalue weighted by molar-refractivity contribution is 5.26. The second-order valence-corrected chi connectivity index (χ2v) is 6.08. The van der Waals surface area contributed by atoms with E-state index < -0.39 is 0 Å². The van der Waals surface area contributed by atoms with Gasteiger partial charge in [0, 0.05) is 12.2 Å². The second kappa shape index (κ2) is 7.45. The fourth-order valence-electron chi connectivity index (χ4n) is 2.27. The number of methoxy groups -OCH3 is 1. The fourth-order valence-corrected chi connectivity index (χ4v) is 2.27. The van der Waals surface area contributed by atoms with Gasteiger partial charge < -0.3 is 14.0 Å². The molecule has 0 saturated carbocycles. The Labute approximate surface area is 133 Å². The maximum Gasteiger partial charge on any atom is 0.135 e. The molecule has 22 heavy (non-hydrogen) atoms. The number of rotatable bonds is 7. The monoisotopic (exact) mass is 302 g/mol. The van der Waals surface area contributed by atoms with Crippen LogP contribution in [-0.2, 0) is 18.0 Å². The predicted octanol–water partition coefficient (Wildman–Crippen LogP) is 4.31. The van der Waals surface area contributed by atoms with Crippen LogP contribution in [0.3, 0.4) is 0 Å². The first-order valence-electron chi connectivity index (χ1n) is 7.79. The van der Waals surface area contributed by atoms with E-state index in [0.29, 0.717) is 25.2 Å². The minimum absolute atomic E-state index is 0.389. The van der Waals surface area contributed by atoms with Gasteiger partial charge in [-0.3, -0.25) is 0 Å². The number of benzene rings is 1. The van der Waals surface area contributed by atoms with E-state index in [0.717, 1.165) is 22.8 Å². The first-order valence-corrected chi connectivity index (χ1v) is 7.79. The van der Waals surface area contributed by atoms with Gasteiger partial charge in [-0.15, -0.1) is 0 Å². The molecule has 4 nitrogen and oxygen atoms in total. The van der Waals surface area contributed by atoms with Gasteiger partial charge in [-0.2, -0.15) is 0 Å². The highest BCUT2D eigenvalue weighted by atomic mass is 16.5. The number of nitrogens with zero attached hydrogens (tertiary/aromatic N) is 2. The van der Waals surface area contributed by atoms with Crippen molar-refractivity contribution in [2.75, 3.05) is 7.11 Å². The molecule has 0 aliphatic rings.